The van der Waals surface area contributed by atoms with Crippen LogP contribution in [0.4, 0.5) is 0 Å². The first kappa shape index (κ1) is 19.3. The van der Waals surface area contributed by atoms with Crippen LogP contribution in [0.1, 0.15) is 5.76 Å². The predicted molar refractivity (Wildman–Crippen MR) is 109 cm³/mol. The molecule has 8 heteroatoms. The first-order valence-electron chi connectivity index (χ1n) is 8.83. The van der Waals surface area contributed by atoms with Crippen molar-refractivity contribution in [1.29, 1.82) is 0 Å². The number of carbonyl (C=O) groups is 1. The molecule has 0 bridgehead atoms. The van der Waals surface area contributed by atoms with Gasteiger partial charge in [-0.25, -0.2) is 8.42 Å². The van der Waals surface area contributed by atoms with Crippen molar-refractivity contribution in [3.8, 4) is 0 Å². The minimum atomic E-state index is -3.77. The van der Waals surface area contributed by atoms with Crippen LogP contribution >= 0.6 is 11.6 Å². The Morgan fingerprint density at radius 1 is 1.03 bits per heavy atom. The fourth-order valence-electron chi connectivity index (χ4n) is 3.11. The van der Waals surface area contributed by atoms with Crippen LogP contribution in [0.15, 0.2) is 87.3 Å². The number of carbonyl (C=O) groups excluding carboxylic acids is 1. The third-order valence-corrected chi connectivity index (χ3v) is 6.57. The van der Waals surface area contributed by atoms with Gasteiger partial charge in [0.1, 0.15) is 12.3 Å². The number of amides is 1. The SMILES string of the molecule is O=C(Cn1cc(S(=O)(=O)c2ccc(Cl)cc2)c2ccccc21)NCc1ccco1. The number of nitrogens with zero attached hydrogens (tertiary/aromatic N) is 1. The van der Waals surface area contributed by atoms with Crippen molar-refractivity contribution in [3.63, 3.8) is 0 Å². The molecule has 0 atom stereocenters. The van der Waals surface area contributed by atoms with Gasteiger partial charge in [-0.2, -0.15) is 0 Å². The monoisotopic (exact) mass is 428 g/mol. The Morgan fingerprint density at radius 2 is 1.79 bits per heavy atom. The Kier molecular flexibility index (Phi) is 5.17. The van der Waals surface area contributed by atoms with Crippen molar-refractivity contribution in [2.24, 2.45) is 0 Å². The first-order chi connectivity index (χ1) is 13.9. The maximum atomic E-state index is 13.2. The molecular formula is C21H17ClN2O4S. The van der Waals surface area contributed by atoms with Crippen LogP contribution in [0.5, 0.6) is 0 Å². The summed E-state index contributed by atoms with van der Waals surface area (Å²) in [5.41, 5.74) is 0.660. The maximum absolute atomic E-state index is 13.2. The summed E-state index contributed by atoms with van der Waals surface area (Å²) in [5.74, 6) is 0.388. The fraction of sp³-hybridized carbons (Fsp3) is 0.0952. The average Bonchev–Trinajstić information content (AvgIpc) is 3.35. The Labute approximate surface area is 172 Å². The molecule has 1 N–H and O–H groups in total. The van der Waals surface area contributed by atoms with E-state index in [1.54, 1.807) is 41.0 Å². The predicted octanol–water partition coefficient (Wildman–Crippen LogP) is 4.04. The van der Waals surface area contributed by atoms with Gasteiger partial charge in [-0.05, 0) is 42.5 Å². The smallest absolute Gasteiger partial charge is 0.240 e. The van der Waals surface area contributed by atoms with Gasteiger partial charge in [0.2, 0.25) is 15.7 Å². The zero-order valence-corrected chi connectivity index (χ0v) is 16.8. The van der Waals surface area contributed by atoms with Crippen molar-refractivity contribution < 1.29 is 17.6 Å². The number of para-hydroxylation sites is 1. The first-order valence-corrected chi connectivity index (χ1v) is 10.7. The molecule has 0 radical (unpaired) electrons. The Balaban J connectivity index is 1.66. The molecule has 0 aliphatic carbocycles. The van der Waals surface area contributed by atoms with Gasteiger partial charge in [0.15, 0.2) is 0 Å². The molecule has 0 aliphatic rings. The third-order valence-electron chi connectivity index (χ3n) is 4.52. The molecule has 0 fully saturated rings. The van der Waals surface area contributed by atoms with E-state index in [0.29, 0.717) is 21.7 Å². The highest BCUT2D eigenvalue weighted by atomic mass is 35.5. The van der Waals surface area contributed by atoms with Crippen molar-refractivity contribution in [2.45, 2.75) is 22.9 Å². The quantitative estimate of drug-likeness (QED) is 0.502. The number of sulfone groups is 1. The van der Waals surface area contributed by atoms with Crippen LogP contribution in [-0.4, -0.2) is 18.9 Å². The Hall–Kier alpha value is -3.03. The van der Waals surface area contributed by atoms with E-state index in [1.807, 2.05) is 0 Å². The lowest BCUT2D eigenvalue weighted by Gasteiger charge is -2.06. The largest absolute Gasteiger partial charge is 0.467 e. The molecule has 2 heterocycles. The fourth-order valence-corrected chi connectivity index (χ4v) is 4.71. The number of hydrogen-bond donors (Lipinski definition) is 1. The molecule has 0 saturated heterocycles. The van der Waals surface area contributed by atoms with Crippen LogP contribution in [0.2, 0.25) is 5.02 Å². The van der Waals surface area contributed by atoms with Gasteiger partial charge < -0.3 is 14.3 Å². The van der Waals surface area contributed by atoms with Gasteiger partial charge in [-0.15, -0.1) is 0 Å². The van der Waals surface area contributed by atoms with E-state index in [-0.39, 0.29) is 28.8 Å². The van der Waals surface area contributed by atoms with Gasteiger partial charge >= 0.3 is 0 Å². The van der Waals surface area contributed by atoms with E-state index in [0.717, 1.165) is 0 Å². The molecule has 29 heavy (non-hydrogen) atoms. The molecule has 0 aliphatic heterocycles. The zero-order chi connectivity index (χ0) is 20.4. The number of rotatable bonds is 6. The molecule has 2 aromatic carbocycles. The van der Waals surface area contributed by atoms with E-state index in [4.69, 9.17) is 16.0 Å². The second-order valence-electron chi connectivity index (χ2n) is 6.45. The van der Waals surface area contributed by atoms with Crippen molar-refractivity contribution in [1.82, 2.24) is 9.88 Å². The van der Waals surface area contributed by atoms with Gasteiger partial charge in [0, 0.05) is 22.1 Å². The zero-order valence-electron chi connectivity index (χ0n) is 15.2. The topological polar surface area (TPSA) is 81.3 Å². The highest BCUT2D eigenvalue weighted by Crippen LogP contribution is 2.30. The number of furan rings is 1. The van der Waals surface area contributed by atoms with Crippen LogP contribution in [0.3, 0.4) is 0 Å². The number of nitrogens with one attached hydrogen (secondary N) is 1. The standard InChI is InChI=1S/C21H17ClN2O4S/c22-15-7-9-17(10-8-15)29(26,27)20-13-24(19-6-2-1-5-18(19)20)14-21(25)23-12-16-4-3-11-28-16/h1-11,13H,12,14H2,(H,23,25). The van der Waals surface area contributed by atoms with Gasteiger partial charge in [-0.3, -0.25) is 4.79 Å². The number of hydrogen-bond acceptors (Lipinski definition) is 4. The maximum Gasteiger partial charge on any atom is 0.240 e. The summed E-state index contributed by atoms with van der Waals surface area (Å²) in [6.45, 7) is 0.248. The number of aromatic nitrogens is 1. The van der Waals surface area contributed by atoms with Gasteiger partial charge in [0.25, 0.3) is 0 Å². The number of halogens is 1. The summed E-state index contributed by atoms with van der Waals surface area (Å²) < 4.78 is 33.2. The van der Waals surface area contributed by atoms with E-state index >= 15 is 0 Å². The number of fused-ring (bicyclic) bond motifs is 1. The molecule has 148 valence electrons. The average molecular weight is 429 g/mol. The van der Waals surface area contributed by atoms with Crippen LogP contribution < -0.4 is 5.32 Å². The second kappa shape index (κ2) is 7.77. The van der Waals surface area contributed by atoms with E-state index in [1.165, 1.54) is 36.7 Å². The lowest BCUT2D eigenvalue weighted by atomic mass is 10.2. The highest BCUT2D eigenvalue weighted by Gasteiger charge is 2.23. The Bertz CT molecular complexity index is 1260. The number of benzene rings is 2. The van der Waals surface area contributed by atoms with E-state index in [9.17, 15) is 13.2 Å². The molecule has 4 aromatic rings. The summed E-state index contributed by atoms with van der Waals surface area (Å²) in [5, 5.41) is 3.78. The van der Waals surface area contributed by atoms with Crippen molar-refractivity contribution >= 4 is 38.2 Å². The van der Waals surface area contributed by atoms with Crippen LogP contribution in [-0.2, 0) is 27.7 Å². The summed E-state index contributed by atoms with van der Waals surface area (Å²) in [6.07, 6.45) is 3.04. The van der Waals surface area contributed by atoms with Crippen LogP contribution in [0, 0.1) is 0 Å². The summed E-state index contributed by atoms with van der Waals surface area (Å²) in [4.78, 5) is 12.7. The Morgan fingerprint density at radius 3 is 2.52 bits per heavy atom. The summed E-state index contributed by atoms with van der Waals surface area (Å²) in [6, 6.07) is 16.6. The normalized spacial score (nSPS) is 11.6. The molecule has 0 spiro atoms. The highest BCUT2D eigenvalue weighted by molar-refractivity contribution is 7.91. The summed E-state index contributed by atoms with van der Waals surface area (Å²) in [7, 11) is -3.77. The van der Waals surface area contributed by atoms with Crippen molar-refractivity contribution in [2.75, 3.05) is 0 Å². The minimum absolute atomic E-state index is 0.0165. The lowest BCUT2D eigenvalue weighted by Crippen LogP contribution is -2.26. The summed E-state index contributed by atoms with van der Waals surface area (Å²) >= 11 is 5.88. The lowest BCUT2D eigenvalue weighted by molar-refractivity contribution is -0.121. The molecular weight excluding hydrogens is 412 g/mol. The molecule has 0 saturated carbocycles. The van der Waals surface area contributed by atoms with E-state index < -0.39 is 9.84 Å². The van der Waals surface area contributed by atoms with Gasteiger partial charge in [-0.1, -0.05) is 29.8 Å². The van der Waals surface area contributed by atoms with Crippen molar-refractivity contribution in [3.05, 3.63) is 83.9 Å². The molecule has 2 aromatic heterocycles. The molecule has 1 amide bonds. The second-order valence-corrected chi connectivity index (χ2v) is 8.81. The third kappa shape index (κ3) is 3.92. The molecule has 6 nitrogen and oxygen atoms in total. The molecule has 0 unspecified atom stereocenters. The minimum Gasteiger partial charge on any atom is -0.467 e. The van der Waals surface area contributed by atoms with Crippen LogP contribution in [0.25, 0.3) is 10.9 Å². The van der Waals surface area contributed by atoms with E-state index in [2.05, 4.69) is 5.32 Å². The van der Waals surface area contributed by atoms with Gasteiger partial charge in [0.05, 0.1) is 22.6 Å². The molecule has 4 rings (SSSR count).